The summed E-state index contributed by atoms with van der Waals surface area (Å²) in [5, 5.41) is 19.3. The molecule has 6 heteroatoms. The third kappa shape index (κ3) is 5.28. The number of benzene rings is 3. The Bertz CT molecular complexity index is 1330. The number of hydrogen-bond acceptors (Lipinski definition) is 5. The number of Topliss-reactive ketones (excluding diaryl/α,β-unsaturated/α-hetero) is 1. The van der Waals surface area contributed by atoms with Crippen molar-refractivity contribution in [1.82, 2.24) is 4.98 Å². The van der Waals surface area contributed by atoms with Gasteiger partial charge >= 0.3 is 0 Å². The molecule has 0 aliphatic carbocycles. The summed E-state index contributed by atoms with van der Waals surface area (Å²) in [6.45, 7) is -0.0714. The van der Waals surface area contributed by atoms with E-state index >= 15 is 0 Å². The highest BCUT2D eigenvalue weighted by molar-refractivity contribution is 6.10. The third-order valence-electron chi connectivity index (χ3n) is 6.44. The number of carbonyl (C=O) groups excluding carboxylic acids is 1. The molecule has 3 aromatic carbocycles. The van der Waals surface area contributed by atoms with Crippen molar-refractivity contribution in [2.24, 2.45) is 11.8 Å². The van der Waals surface area contributed by atoms with Gasteiger partial charge in [-0.1, -0.05) is 30.3 Å². The Kier molecular flexibility index (Phi) is 7.63. The normalized spacial score (nSPS) is 12.8. The van der Waals surface area contributed by atoms with E-state index in [0.29, 0.717) is 29.9 Å². The number of para-hydroxylation sites is 1. The summed E-state index contributed by atoms with van der Waals surface area (Å²) in [5.41, 5.74) is 4.21. The fourth-order valence-electron chi connectivity index (χ4n) is 4.54. The second kappa shape index (κ2) is 11.0. The molecule has 0 radical (unpaired) electrons. The van der Waals surface area contributed by atoms with Crippen LogP contribution in [0.4, 0.5) is 0 Å². The van der Waals surface area contributed by atoms with Gasteiger partial charge in [0.1, 0.15) is 11.5 Å². The van der Waals surface area contributed by atoms with E-state index in [1.165, 1.54) is 6.21 Å². The summed E-state index contributed by atoms with van der Waals surface area (Å²) >= 11 is 0. The molecule has 0 bridgehead atoms. The van der Waals surface area contributed by atoms with Crippen LogP contribution in [0, 0.1) is 17.2 Å². The highest BCUT2D eigenvalue weighted by Crippen LogP contribution is 2.33. The van der Waals surface area contributed by atoms with E-state index in [2.05, 4.69) is 4.98 Å². The van der Waals surface area contributed by atoms with E-state index < -0.39 is 5.92 Å². The van der Waals surface area contributed by atoms with Gasteiger partial charge in [-0.2, -0.15) is 0 Å². The summed E-state index contributed by atoms with van der Waals surface area (Å²) in [4.78, 5) is 17.0. The number of H-pyrrole nitrogens is 1. The maximum absolute atomic E-state index is 13.7. The monoisotopic (exact) mass is 470 g/mol. The molecule has 0 aliphatic rings. The predicted molar refractivity (Wildman–Crippen MR) is 139 cm³/mol. The van der Waals surface area contributed by atoms with Crippen LogP contribution in [0.25, 0.3) is 22.0 Å². The van der Waals surface area contributed by atoms with Gasteiger partial charge in [0.25, 0.3) is 0 Å². The molecule has 1 aromatic heterocycles. The van der Waals surface area contributed by atoms with Crippen molar-refractivity contribution in [3.63, 3.8) is 0 Å². The fourth-order valence-corrected chi connectivity index (χ4v) is 4.54. The van der Waals surface area contributed by atoms with E-state index in [1.807, 2.05) is 66.9 Å². The van der Waals surface area contributed by atoms with Gasteiger partial charge in [0.2, 0.25) is 0 Å². The number of rotatable bonds is 11. The molecule has 0 amide bonds. The summed E-state index contributed by atoms with van der Waals surface area (Å²) in [7, 11) is 3.17. The zero-order chi connectivity index (χ0) is 24.8. The van der Waals surface area contributed by atoms with Crippen LogP contribution in [-0.4, -0.2) is 42.9 Å². The Morgan fingerprint density at radius 2 is 1.80 bits per heavy atom. The van der Waals surface area contributed by atoms with Crippen molar-refractivity contribution >= 4 is 22.9 Å². The van der Waals surface area contributed by atoms with Crippen LogP contribution in [0.1, 0.15) is 22.3 Å². The molecule has 0 saturated heterocycles. The van der Waals surface area contributed by atoms with Gasteiger partial charge in [-0.05, 0) is 71.8 Å². The van der Waals surface area contributed by atoms with E-state index in [4.69, 9.17) is 14.9 Å². The molecule has 4 aromatic rings. The van der Waals surface area contributed by atoms with Crippen LogP contribution in [-0.2, 0) is 6.42 Å². The first-order valence-electron chi connectivity index (χ1n) is 11.6. The molecular formula is C29H30N2O4. The average Bonchev–Trinajstić information content (AvgIpc) is 3.32. The minimum absolute atomic E-state index is 0.0714. The van der Waals surface area contributed by atoms with E-state index in [9.17, 15) is 9.90 Å². The highest BCUT2D eigenvalue weighted by Gasteiger charge is 2.26. The van der Waals surface area contributed by atoms with Gasteiger partial charge in [0.15, 0.2) is 5.78 Å². The van der Waals surface area contributed by atoms with Gasteiger partial charge in [-0.15, -0.1) is 0 Å². The SMILES string of the molecule is COc1cccc(-c2ccc(OC)cc2C(=O)[C@H](C=N)CC(CO)Cc2c[nH]c3ccccc23)c1. The van der Waals surface area contributed by atoms with Gasteiger partial charge in [0.05, 0.1) is 20.1 Å². The second-order valence-electron chi connectivity index (χ2n) is 8.63. The van der Waals surface area contributed by atoms with Crippen molar-refractivity contribution < 1.29 is 19.4 Å². The van der Waals surface area contributed by atoms with E-state index in [1.54, 1.807) is 20.3 Å². The lowest BCUT2D eigenvalue weighted by Gasteiger charge is -2.20. The topological polar surface area (TPSA) is 95.4 Å². The van der Waals surface area contributed by atoms with Gasteiger partial charge in [0, 0.05) is 35.5 Å². The number of fused-ring (bicyclic) bond motifs is 1. The maximum atomic E-state index is 13.7. The molecule has 4 rings (SSSR count). The van der Waals surface area contributed by atoms with Crippen molar-refractivity contribution in [1.29, 1.82) is 5.41 Å². The number of aliphatic hydroxyl groups excluding tert-OH is 1. The Hall–Kier alpha value is -3.90. The summed E-state index contributed by atoms with van der Waals surface area (Å²) < 4.78 is 10.8. The van der Waals surface area contributed by atoms with Crippen LogP contribution in [0.2, 0.25) is 0 Å². The summed E-state index contributed by atoms with van der Waals surface area (Å²) in [6, 6.07) is 21.0. The minimum atomic E-state index is -0.672. The lowest BCUT2D eigenvalue weighted by Crippen LogP contribution is -2.23. The lowest BCUT2D eigenvalue weighted by atomic mass is 9.84. The molecule has 0 saturated carbocycles. The highest BCUT2D eigenvalue weighted by atomic mass is 16.5. The van der Waals surface area contributed by atoms with Gasteiger partial charge in [-0.25, -0.2) is 0 Å². The summed E-state index contributed by atoms with van der Waals surface area (Å²) in [6.07, 6.45) is 4.12. The van der Waals surface area contributed by atoms with Crippen LogP contribution < -0.4 is 9.47 Å². The molecule has 2 atom stereocenters. The Balaban J connectivity index is 1.62. The first-order valence-corrected chi connectivity index (χ1v) is 11.6. The Labute approximate surface area is 205 Å². The Morgan fingerprint density at radius 3 is 2.54 bits per heavy atom. The number of methoxy groups -OCH3 is 2. The molecule has 0 spiro atoms. The number of aromatic amines is 1. The number of ether oxygens (including phenoxy) is 2. The van der Waals surface area contributed by atoms with E-state index in [-0.39, 0.29) is 18.3 Å². The average molecular weight is 471 g/mol. The van der Waals surface area contributed by atoms with Crippen molar-refractivity contribution in [3.8, 4) is 22.6 Å². The van der Waals surface area contributed by atoms with Crippen molar-refractivity contribution in [2.75, 3.05) is 20.8 Å². The molecule has 180 valence electrons. The zero-order valence-corrected chi connectivity index (χ0v) is 20.0. The smallest absolute Gasteiger partial charge is 0.172 e. The first kappa shape index (κ1) is 24.2. The number of aliphatic hydroxyl groups is 1. The predicted octanol–water partition coefficient (Wildman–Crippen LogP) is 5.54. The van der Waals surface area contributed by atoms with Crippen LogP contribution >= 0.6 is 0 Å². The van der Waals surface area contributed by atoms with Crippen LogP contribution in [0.5, 0.6) is 11.5 Å². The first-order chi connectivity index (χ1) is 17.1. The van der Waals surface area contributed by atoms with E-state index in [0.717, 1.165) is 27.6 Å². The van der Waals surface area contributed by atoms with Crippen LogP contribution in [0.15, 0.2) is 72.9 Å². The standard InChI is InChI=1S/C29H30N2O4/c1-34-23-7-5-6-20(14-23)25-11-10-24(35-2)15-27(25)29(33)21(16-30)12-19(18-32)13-22-17-31-28-9-4-3-8-26(22)28/h3-11,14-17,19,21,30-32H,12-13,18H2,1-2H3/t19?,21-/m0/s1. The molecule has 1 unspecified atom stereocenters. The molecule has 1 heterocycles. The molecule has 6 nitrogen and oxygen atoms in total. The summed E-state index contributed by atoms with van der Waals surface area (Å²) in [5.74, 6) is 0.249. The molecule has 3 N–H and O–H groups in total. The number of hydrogen-bond donors (Lipinski definition) is 3. The molecule has 0 aliphatic heterocycles. The third-order valence-corrected chi connectivity index (χ3v) is 6.44. The quantitative estimate of drug-likeness (QED) is 0.198. The van der Waals surface area contributed by atoms with Crippen LogP contribution in [0.3, 0.4) is 0 Å². The lowest BCUT2D eigenvalue weighted by molar-refractivity contribution is 0.0932. The van der Waals surface area contributed by atoms with Crippen molar-refractivity contribution in [2.45, 2.75) is 12.8 Å². The number of aromatic nitrogens is 1. The number of ketones is 1. The molecule has 35 heavy (non-hydrogen) atoms. The van der Waals surface area contributed by atoms with Gasteiger partial charge < -0.3 is 25.0 Å². The molecular weight excluding hydrogens is 440 g/mol. The number of nitrogens with one attached hydrogen (secondary N) is 2. The van der Waals surface area contributed by atoms with Crippen molar-refractivity contribution in [3.05, 3.63) is 84.1 Å². The second-order valence-corrected chi connectivity index (χ2v) is 8.63. The number of carbonyl (C=O) groups is 1. The minimum Gasteiger partial charge on any atom is -0.497 e. The maximum Gasteiger partial charge on any atom is 0.172 e. The van der Waals surface area contributed by atoms with Gasteiger partial charge in [-0.3, -0.25) is 4.79 Å². The zero-order valence-electron chi connectivity index (χ0n) is 20.0. The Morgan fingerprint density at radius 1 is 1.03 bits per heavy atom. The fraction of sp³-hybridized carbons (Fsp3) is 0.241. The molecule has 0 fully saturated rings. The largest absolute Gasteiger partial charge is 0.497 e.